The lowest BCUT2D eigenvalue weighted by Gasteiger charge is -2.19. The molecule has 1 atom stereocenters. The highest BCUT2D eigenvalue weighted by Crippen LogP contribution is 2.10. The standard InChI is InChI=1S/C11H22N2O2/c1-3-4-7-13(2)11(14)12-9-10-6-5-8-15-10/h10H,3-9H2,1-2H3,(H,12,14). The molecule has 0 bridgehead atoms. The summed E-state index contributed by atoms with van der Waals surface area (Å²) in [4.78, 5) is 13.3. The number of carbonyl (C=O) groups is 1. The van der Waals surface area contributed by atoms with Crippen LogP contribution in [0.5, 0.6) is 0 Å². The van der Waals surface area contributed by atoms with Gasteiger partial charge < -0.3 is 15.0 Å². The van der Waals surface area contributed by atoms with Crippen LogP contribution in [0.2, 0.25) is 0 Å². The van der Waals surface area contributed by atoms with Gasteiger partial charge >= 0.3 is 6.03 Å². The number of nitrogens with one attached hydrogen (secondary N) is 1. The highest BCUT2D eigenvalue weighted by Gasteiger charge is 2.16. The second-order valence-corrected chi connectivity index (χ2v) is 4.10. The van der Waals surface area contributed by atoms with E-state index in [1.165, 1.54) is 0 Å². The van der Waals surface area contributed by atoms with E-state index < -0.39 is 0 Å². The fourth-order valence-corrected chi connectivity index (χ4v) is 1.64. The van der Waals surface area contributed by atoms with Gasteiger partial charge in [-0.15, -0.1) is 0 Å². The van der Waals surface area contributed by atoms with Crippen LogP contribution in [0.4, 0.5) is 4.79 Å². The van der Waals surface area contributed by atoms with Crippen molar-refractivity contribution >= 4 is 6.03 Å². The zero-order valence-electron chi connectivity index (χ0n) is 9.79. The average molecular weight is 214 g/mol. The molecule has 1 aliphatic rings. The van der Waals surface area contributed by atoms with Crippen LogP contribution in [0, 0.1) is 0 Å². The Labute approximate surface area is 92.0 Å². The van der Waals surface area contributed by atoms with Crippen molar-refractivity contribution in [1.29, 1.82) is 0 Å². The van der Waals surface area contributed by atoms with Crippen LogP contribution in [0.1, 0.15) is 32.6 Å². The molecule has 4 nitrogen and oxygen atoms in total. The predicted molar refractivity (Wildman–Crippen MR) is 59.9 cm³/mol. The van der Waals surface area contributed by atoms with E-state index in [2.05, 4.69) is 12.2 Å². The molecule has 15 heavy (non-hydrogen) atoms. The normalized spacial score (nSPS) is 20.3. The fourth-order valence-electron chi connectivity index (χ4n) is 1.64. The summed E-state index contributed by atoms with van der Waals surface area (Å²) in [6, 6.07) is 0.0129. The van der Waals surface area contributed by atoms with Gasteiger partial charge in [0.1, 0.15) is 0 Å². The first-order valence-electron chi connectivity index (χ1n) is 5.84. The Morgan fingerprint density at radius 3 is 3.00 bits per heavy atom. The molecule has 1 saturated heterocycles. The molecular weight excluding hydrogens is 192 g/mol. The predicted octanol–water partition coefficient (Wildman–Crippen LogP) is 1.61. The quantitative estimate of drug-likeness (QED) is 0.755. The van der Waals surface area contributed by atoms with Gasteiger partial charge in [-0.3, -0.25) is 0 Å². The number of hydrogen-bond acceptors (Lipinski definition) is 2. The largest absolute Gasteiger partial charge is 0.376 e. The van der Waals surface area contributed by atoms with E-state index in [1.54, 1.807) is 4.90 Å². The molecular formula is C11H22N2O2. The second-order valence-electron chi connectivity index (χ2n) is 4.10. The molecule has 0 aromatic carbocycles. The minimum Gasteiger partial charge on any atom is -0.376 e. The maximum Gasteiger partial charge on any atom is 0.317 e. The zero-order valence-corrected chi connectivity index (χ0v) is 9.79. The number of ether oxygens (including phenoxy) is 1. The topological polar surface area (TPSA) is 41.6 Å². The lowest BCUT2D eigenvalue weighted by Crippen LogP contribution is -2.41. The Bertz CT molecular complexity index is 191. The fraction of sp³-hybridized carbons (Fsp3) is 0.909. The van der Waals surface area contributed by atoms with E-state index >= 15 is 0 Å². The first kappa shape index (κ1) is 12.3. The number of nitrogens with zero attached hydrogens (tertiary/aromatic N) is 1. The molecule has 4 heteroatoms. The lowest BCUT2D eigenvalue weighted by molar-refractivity contribution is 0.109. The van der Waals surface area contributed by atoms with Gasteiger partial charge in [0.2, 0.25) is 0 Å². The molecule has 1 N–H and O–H groups in total. The zero-order chi connectivity index (χ0) is 11.1. The van der Waals surface area contributed by atoms with E-state index in [1.807, 2.05) is 7.05 Å². The van der Waals surface area contributed by atoms with Crippen molar-refractivity contribution in [2.24, 2.45) is 0 Å². The van der Waals surface area contributed by atoms with Crippen LogP contribution in [0.25, 0.3) is 0 Å². The molecule has 0 aromatic heterocycles. The number of urea groups is 1. The molecule has 1 unspecified atom stereocenters. The van der Waals surface area contributed by atoms with E-state index in [9.17, 15) is 4.79 Å². The van der Waals surface area contributed by atoms with Gasteiger partial charge in [-0.1, -0.05) is 13.3 Å². The van der Waals surface area contributed by atoms with Gasteiger partial charge in [0, 0.05) is 26.7 Å². The van der Waals surface area contributed by atoms with Gasteiger partial charge in [0.15, 0.2) is 0 Å². The van der Waals surface area contributed by atoms with Gasteiger partial charge in [-0.05, 0) is 19.3 Å². The summed E-state index contributed by atoms with van der Waals surface area (Å²) >= 11 is 0. The molecule has 1 aliphatic heterocycles. The summed E-state index contributed by atoms with van der Waals surface area (Å²) in [7, 11) is 1.83. The molecule has 0 aromatic rings. The van der Waals surface area contributed by atoms with Crippen molar-refractivity contribution in [2.45, 2.75) is 38.7 Å². The van der Waals surface area contributed by atoms with Crippen molar-refractivity contribution < 1.29 is 9.53 Å². The molecule has 0 radical (unpaired) electrons. The number of amides is 2. The van der Waals surface area contributed by atoms with Crippen molar-refractivity contribution in [3.8, 4) is 0 Å². The first-order chi connectivity index (χ1) is 7.24. The van der Waals surface area contributed by atoms with Crippen LogP contribution in [0.3, 0.4) is 0 Å². The minimum atomic E-state index is 0.0129. The minimum absolute atomic E-state index is 0.0129. The Morgan fingerprint density at radius 1 is 1.60 bits per heavy atom. The lowest BCUT2D eigenvalue weighted by atomic mass is 10.2. The first-order valence-corrected chi connectivity index (χ1v) is 5.84. The van der Waals surface area contributed by atoms with Crippen molar-refractivity contribution in [3.63, 3.8) is 0 Å². The maximum absolute atomic E-state index is 11.6. The van der Waals surface area contributed by atoms with Gasteiger partial charge in [0.05, 0.1) is 6.10 Å². The Balaban J connectivity index is 2.11. The third kappa shape index (κ3) is 4.51. The van der Waals surface area contributed by atoms with Crippen LogP contribution < -0.4 is 5.32 Å². The average Bonchev–Trinajstić information content (AvgIpc) is 2.75. The van der Waals surface area contributed by atoms with Gasteiger partial charge in [-0.25, -0.2) is 4.79 Å². The Kier molecular flexibility index (Phi) is 5.47. The van der Waals surface area contributed by atoms with E-state index in [4.69, 9.17) is 4.74 Å². The maximum atomic E-state index is 11.6. The molecule has 0 saturated carbocycles. The van der Waals surface area contributed by atoms with E-state index in [-0.39, 0.29) is 12.1 Å². The molecule has 1 heterocycles. The van der Waals surface area contributed by atoms with Crippen LogP contribution >= 0.6 is 0 Å². The summed E-state index contributed by atoms with van der Waals surface area (Å²) in [6.45, 7) is 4.44. The number of rotatable bonds is 5. The summed E-state index contributed by atoms with van der Waals surface area (Å²) in [6.07, 6.45) is 4.59. The van der Waals surface area contributed by atoms with E-state index in [0.717, 1.165) is 38.8 Å². The monoisotopic (exact) mass is 214 g/mol. The Hall–Kier alpha value is -0.770. The summed E-state index contributed by atoms with van der Waals surface area (Å²) in [5, 5.41) is 2.90. The van der Waals surface area contributed by atoms with Gasteiger partial charge in [0.25, 0.3) is 0 Å². The van der Waals surface area contributed by atoms with Crippen LogP contribution in [-0.2, 0) is 4.74 Å². The summed E-state index contributed by atoms with van der Waals surface area (Å²) in [5.41, 5.74) is 0. The highest BCUT2D eigenvalue weighted by molar-refractivity contribution is 5.73. The summed E-state index contributed by atoms with van der Waals surface area (Å²) < 4.78 is 5.43. The van der Waals surface area contributed by atoms with Crippen molar-refractivity contribution in [1.82, 2.24) is 10.2 Å². The molecule has 1 rings (SSSR count). The van der Waals surface area contributed by atoms with Crippen molar-refractivity contribution in [3.05, 3.63) is 0 Å². The second kappa shape index (κ2) is 6.67. The molecule has 2 amide bonds. The number of unbranched alkanes of at least 4 members (excludes halogenated alkanes) is 1. The molecule has 88 valence electrons. The molecule has 0 aliphatic carbocycles. The van der Waals surface area contributed by atoms with E-state index in [0.29, 0.717) is 6.54 Å². The highest BCUT2D eigenvalue weighted by atomic mass is 16.5. The third-order valence-electron chi connectivity index (χ3n) is 2.70. The van der Waals surface area contributed by atoms with Gasteiger partial charge in [-0.2, -0.15) is 0 Å². The molecule has 0 spiro atoms. The van der Waals surface area contributed by atoms with Crippen LogP contribution in [-0.4, -0.2) is 43.8 Å². The SMILES string of the molecule is CCCCN(C)C(=O)NCC1CCCO1. The Morgan fingerprint density at radius 2 is 2.40 bits per heavy atom. The third-order valence-corrected chi connectivity index (χ3v) is 2.70. The number of hydrogen-bond donors (Lipinski definition) is 1. The number of carbonyl (C=O) groups excluding carboxylic acids is 1. The smallest absolute Gasteiger partial charge is 0.317 e. The van der Waals surface area contributed by atoms with Crippen molar-refractivity contribution in [2.75, 3.05) is 26.7 Å². The van der Waals surface area contributed by atoms with Crippen LogP contribution in [0.15, 0.2) is 0 Å². The molecule has 1 fully saturated rings. The summed E-state index contributed by atoms with van der Waals surface area (Å²) in [5.74, 6) is 0.